The smallest absolute Gasteiger partial charge is 0.319 e. The van der Waals surface area contributed by atoms with Crippen LogP contribution in [0.25, 0.3) is 5.69 Å². The highest BCUT2D eigenvalue weighted by atomic mass is 19.1. The fourth-order valence-electron chi connectivity index (χ4n) is 2.36. The number of carbonyl (C=O) groups is 1. The second-order valence-corrected chi connectivity index (χ2v) is 5.38. The van der Waals surface area contributed by atoms with E-state index in [0.29, 0.717) is 6.54 Å². The van der Waals surface area contributed by atoms with Crippen LogP contribution in [0.5, 0.6) is 0 Å². The molecule has 0 saturated heterocycles. The largest absolute Gasteiger partial charge is 0.334 e. The van der Waals surface area contributed by atoms with Crippen molar-refractivity contribution in [2.75, 3.05) is 5.32 Å². The molecule has 24 heavy (non-hydrogen) atoms. The van der Waals surface area contributed by atoms with Crippen molar-refractivity contribution in [1.29, 1.82) is 0 Å². The Hall–Kier alpha value is -3.15. The Kier molecular flexibility index (Phi) is 4.56. The molecule has 0 radical (unpaired) electrons. The number of imidazole rings is 1. The summed E-state index contributed by atoms with van der Waals surface area (Å²) in [5, 5.41) is 5.22. The van der Waals surface area contributed by atoms with Crippen molar-refractivity contribution < 1.29 is 9.18 Å². The molecule has 2 N–H and O–H groups in total. The van der Waals surface area contributed by atoms with E-state index in [1.807, 2.05) is 35.9 Å². The zero-order chi connectivity index (χ0) is 16.9. The number of carbonyl (C=O) groups excluding carboxylic acids is 1. The summed E-state index contributed by atoms with van der Waals surface area (Å²) in [6.07, 6.45) is 5.31. The Balaban J connectivity index is 1.66. The summed E-state index contributed by atoms with van der Waals surface area (Å²) in [4.78, 5) is 16.0. The molecule has 2 amide bonds. The Bertz CT molecular complexity index is 846. The van der Waals surface area contributed by atoms with Crippen LogP contribution in [0.15, 0.2) is 61.2 Å². The predicted octanol–water partition coefficient (Wildman–Crippen LogP) is 3.64. The Morgan fingerprint density at radius 1 is 1.25 bits per heavy atom. The molecule has 0 aliphatic heterocycles. The van der Waals surface area contributed by atoms with E-state index in [1.165, 1.54) is 12.1 Å². The van der Waals surface area contributed by atoms with Crippen LogP contribution in [-0.2, 0) is 6.54 Å². The van der Waals surface area contributed by atoms with Crippen molar-refractivity contribution in [3.8, 4) is 5.69 Å². The fraction of sp³-hybridized carbons (Fsp3) is 0.111. The zero-order valence-corrected chi connectivity index (χ0v) is 13.2. The van der Waals surface area contributed by atoms with Crippen molar-refractivity contribution in [2.45, 2.75) is 13.5 Å². The van der Waals surface area contributed by atoms with Crippen LogP contribution in [-0.4, -0.2) is 15.6 Å². The standard InChI is InChI=1S/C18H17FN4O/c1-13-6-7-14(10-17(13)23-9-8-20-12-23)11-21-18(24)22-16-5-3-2-4-15(16)19/h2-10,12H,11H2,1H3,(H2,21,22,24). The minimum Gasteiger partial charge on any atom is -0.334 e. The average molecular weight is 324 g/mol. The topological polar surface area (TPSA) is 59.0 Å². The third-order valence-corrected chi connectivity index (χ3v) is 3.63. The van der Waals surface area contributed by atoms with Crippen LogP contribution in [0.1, 0.15) is 11.1 Å². The lowest BCUT2D eigenvalue weighted by atomic mass is 10.1. The SMILES string of the molecule is Cc1ccc(CNC(=O)Nc2ccccc2F)cc1-n1ccnc1. The molecular formula is C18H17FN4O. The van der Waals surface area contributed by atoms with Crippen LogP contribution in [0, 0.1) is 12.7 Å². The number of rotatable bonds is 4. The first-order valence-electron chi connectivity index (χ1n) is 7.51. The molecule has 3 aromatic rings. The minimum atomic E-state index is -0.467. The number of urea groups is 1. The average Bonchev–Trinajstić information content (AvgIpc) is 3.10. The summed E-state index contributed by atoms with van der Waals surface area (Å²) in [5.41, 5.74) is 3.19. The maximum absolute atomic E-state index is 13.5. The number of anilines is 1. The van der Waals surface area contributed by atoms with E-state index >= 15 is 0 Å². The number of para-hydroxylation sites is 1. The van der Waals surface area contributed by atoms with Gasteiger partial charge in [0, 0.05) is 24.6 Å². The number of aromatic nitrogens is 2. The third kappa shape index (κ3) is 3.60. The van der Waals surface area contributed by atoms with Gasteiger partial charge in [0.2, 0.25) is 0 Å². The predicted molar refractivity (Wildman–Crippen MR) is 90.6 cm³/mol. The van der Waals surface area contributed by atoms with Crippen molar-refractivity contribution in [2.24, 2.45) is 0 Å². The summed E-state index contributed by atoms with van der Waals surface area (Å²) >= 11 is 0. The van der Waals surface area contributed by atoms with Gasteiger partial charge in [-0.15, -0.1) is 0 Å². The van der Waals surface area contributed by atoms with Crippen LogP contribution in [0.2, 0.25) is 0 Å². The molecule has 1 aromatic heterocycles. The van der Waals surface area contributed by atoms with E-state index in [0.717, 1.165) is 16.8 Å². The van der Waals surface area contributed by atoms with Crippen molar-refractivity contribution in [1.82, 2.24) is 14.9 Å². The van der Waals surface area contributed by atoms with Gasteiger partial charge in [0.05, 0.1) is 12.0 Å². The number of nitrogens with one attached hydrogen (secondary N) is 2. The number of benzene rings is 2. The highest BCUT2D eigenvalue weighted by Gasteiger charge is 2.07. The van der Waals surface area contributed by atoms with Gasteiger partial charge >= 0.3 is 6.03 Å². The summed E-state index contributed by atoms with van der Waals surface area (Å²) in [5.74, 6) is -0.467. The number of halogens is 1. The van der Waals surface area contributed by atoms with E-state index in [4.69, 9.17) is 0 Å². The summed E-state index contributed by atoms with van der Waals surface area (Å²) in [6, 6.07) is 11.5. The number of aryl methyl sites for hydroxylation is 1. The van der Waals surface area contributed by atoms with Gasteiger partial charge in [-0.05, 0) is 36.2 Å². The van der Waals surface area contributed by atoms with Gasteiger partial charge in [0.25, 0.3) is 0 Å². The Labute approximate surface area is 139 Å². The molecule has 0 fully saturated rings. The number of amides is 2. The van der Waals surface area contributed by atoms with Crippen LogP contribution >= 0.6 is 0 Å². The molecule has 0 aliphatic rings. The second kappa shape index (κ2) is 6.95. The number of hydrogen-bond donors (Lipinski definition) is 2. The van der Waals surface area contributed by atoms with E-state index in [9.17, 15) is 9.18 Å². The molecule has 0 aliphatic carbocycles. The van der Waals surface area contributed by atoms with Gasteiger partial charge in [-0.3, -0.25) is 0 Å². The molecular weight excluding hydrogens is 307 g/mol. The summed E-state index contributed by atoms with van der Waals surface area (Å²) in [6.45, 7) is 2.35. The van der Waals surface area contributed by atoms with Crippen molar-refractivity contribution in [3.05, 3.63) is 78.1 Å². The zero-order valence-electron chi connectivity index (χ0n) is 13.2. The molecule has 0 spiro atoms. The quantitative estimate of drug-likeness (QED) is 0.770. The lowest BCUT2D eigenvalue weighted by Gasteiger charge is -2.11. The van der Waals surface area contributed by atoms with Gasteiger partial charge in [0.1, 0.15) is 5.82 Å². The summed E-state index contributed by atoms with van der Waals surface area (Å²) < 4.78 is 15.4. The second-order valence-electron chi connectivity index (χ2n) is 5.38. The Morgan fingerprint density at radius 2 is 2.08 bits per heavy atom. The van der Waals surface area contributed by atoms with E-state index < -0.39 is 11.8 Å². The molecule has 0 unspecified atom stereocenters. The normalized spacial score (nSPS) is 10.4. The van der Waals surface area contributed by atoms with E-state index in [1.54, 1.807) is 24.7 Å². The molecule has 6 heteroatoms. The highest BCUT2D eigenvalue weighted by Crippen LogP contribution is 2.16. The van der Waals surface area contributed by atoms with Gasteiger partial charge in [0.15, 0.2) is 0 Å². The molecule has 2 aromatic carbocycles. The van der Waals surface area contributed by atoms with E-state index in [2.05, 4.69) is 15.6 Å². The molecule has 0 atom stereocenters. The molecule has 3 rings (SSSR count). The molecule has 0 saturated carbocycles. The first-order valence-corrected chi connectivity index (χ1v) is 7.51. The Morgan fingerprint density at radius 3 is 2.83 bits per heavy atom. The molecule has 5 nitrogen and oxygen atoms in total. The third-order valence-electron chi connectivity index (χ3n) is 3.63. The van der Waals surface area contributed by atoms with Crippen molar-refractivity contribution in [3.63, 3.8) is 0 Å². The maximum atomic E-state index is 13.5. The van der Waals surface area contributed by atoms with Crippen LogP contribution in [0.3, 0.4) is 0 Å². The first-order chi connectivity index (χ1) is 11.6. The van der Waals surface area contributed by atoms with Gasteiger partial charge in [-0.1, -0.05) is 24.3 Å². The summed E-state index contributed by atoms with van der Waals surface area (Å²) in [7, 11) is 0. The molecule has 1 heterocycles. The first kappa shape index (κ1) is 15.7. The maximum Gasteiger partial charge on any atom is 0.319 e. The van der Waals surface area contributed by atoms with Crippen LogP contribution < -0.4 is 10.6 Å². The number of nitrogens with zero attached hydrogens (tertiary/aromatic N) is 2. The fourth-order valence-corrected chi connectivity index (χ4v) is 2.36. The molecule has 0 bridgehead atoms. The lowest BCUT2D eigenvalue weighted by Crippen LogP contribution is -2.28. The minimum absolute atomic E-state index is 0.151. The van der Waals surface area contributed by atoms with Gasteiger partial charge in [-0.2, -0.15) is 0 Å². The molecule has 122 valence electrons. The van der Waals surface area contributed by atoms with Crippen LogP contribution in [0.4, 0.5) is 14.9 Å². The van der Waals surface area contributed by atoms with Gasteiger partial charge < -0.3 is 15.2 Å². The van der Waals surface area contributed by atoms with Crippen molar-refractivity contribution >= 4 is 11.7 Å². The highest BCUT2D eigenvalue weighted by molar-refractivity contribution is 5.89. The number of hydrogen-bond acceptors (Lipinski definition) is 2. The van der Waals surface area contributed by atoms with E-state index in [-0.39, 0.29) is 5.69 Å². The monoisotopic (exact) mass is 324 g/mol. The lowest BCUT2D eigenvalue weighted by molar-refractivity contribution is 0.251. The van der Waals surface area contributed by atoms with Gasteiger partial charge in [-0.25, -0.2) is 14.2 Å².